The van der Waals surface area contributed by atoms with E-state index in [9.17, 15) is 4.79 Å². The summed E-state index contributed by atoms with van der Waals surface area (Å²) in [6, 6.07) is 10.6. The van der Waals surface area contributed by atoms with Crippen LogP contribution in [0.25, 0.3) is 10.9 Å². The fourth-order valence-electron chi connectivity index (χ4n) is 4.19. The Hall–Kier alpha value is -1.94. The molecule has 1 saturated heterocycles. The number of carbonyl (C=O) groups is 1. The standard InChI is InChI=1S/C19H22N2O2/c1-12(22)21-17-11-19(23-18-6-2-5-15(17)18)14-7-8-16-13(10-14)4-3-9-20-16/h3-4,7-10,15,17-19H,2,5-6,11H2,1H3,(H,21,22)/t15-,17+,18+,19+/m0/s1. The summed E-state index contributed by atoms with van der Waals surface area (Å²) in [5.74, 6) is 0.529. The van der Waals surface area contributed by atoms with E-state index < -0.39 is 0 Å². The summed E-state index contributed by atoms with van der Waals surface area (Å²) in [5.41, 5.74) is 2.19. The fraction of sp³-hybridized carbons (Fsp3) is 0.474. The van der Waals surface area contributed by atoms with Crippen LogP contribution in [-0.4, -0.2) is 23.0 Å². The van der Waals surface area contributed by atoms with Gasteiger partial charge in [0.1, 0.15) is 0 Å². The summed E-state index contributed by atoms with van der Waals surface area (Å²) in [7, 11) is 0. The van der Waals surface area contributed by atoms with E-state index >= 15 is 0 Å². The van der Waals surface area contributed by atoms with E-state index in [0.717, 1.165) is 30.2 Å². The number of nitrogens with zero attached hydrogens (tertiary/aromatic N) is 1. The van der Waals surface area contributed by atoms with Crippen molar-refractivity contribution in [2.24, 2.45) is 5.92 Å². The molecule has 0 unspecified atom stereocenters. The van der Waals surface area contributed by atoms with Crippen molar-refractivity contribution in [2.75, 3.05) is 0 Å². The predicted octanol–water partition coefficient (Wildman–Crippen LogP) is 3.37. The molecular weight excluding hydrogens is 288 g/mol. The number of hydrogen-bond acceptors (Lipinski definition) is 3. The van der Waals surface area contributed by atoms with Gasteiger partial charge in [-0.3, -0.25) is 9.78 Å². The van der Waals surface area contributed by atoms with Gasteiger partial charge in [-0.15, -0.1) is 0 Å². The van der Waals surface area contributed by atoms with E-state index in [1.54, 1.807) is 6.92 Å². The van der Waals surface area contributed by atoms with Crippen molar-refractivity contribution in [3.63, 3.8) is 0 Å². The van der Waals surface area contributed by atoms with Crippen LogP contribution in [0.4, 0.5) is 0 Å². The summed E-state index contributed by atoms with van der Waals surface area (Å²) >= 11 is 0. The van der Waals surface area contributed by atoms with Gasteiger partial charge >= 0.3 is 0 Å². The normalized spacial score (nSPS) is 30.1. The number of benzene rings is 1. The average Bonchev–Trinajstić information content (AvgIpc) is 3.02. The Bertz CT molecular complexity index is 730. The topological polar surface area (TPSA) is 51.2 Å². The average molecular weight is 310 g/mol. The first-order valence-corrected chi connectivity index (χ1v) is 8.48. The zero-order valence-corrected chi connectivity index (χ0v) is 13.4. The molecule has 0 spiro atoms. The van der Waals surface area contributed by atoms with E-state index in [1.165, 1.54) is 12.0 Å². The van der Waals surface area contributed by atoms with Gasteiger partial charge in [-0.2, -0.15) is 0 Å². The fourth-order valence-corrected chi connectivity index (χ4v) is 4.19. The number of aromatic nitrogens is 1. The van der Waals surface area contributed by atoms with Crippen LogP contribution in [0.15, 0.2) is 36.5 Å². The van der Waals surface area contributed by atoms with Crippen LogP contribution >= 0.6 is 0 Å². The van der Waals surface area contributed by atoms with Gasteiger partial charge in [0.25, 0.3) is 0 Å². The third kappa shape index (κ3) is 2.83. The minimum absolute atomic E-state index is 0.0517. The summed E-state index contributed by atoms with van der Waals surface area (Å²) in [6.07, 6.45) is 6.45. The van der Waals surface area contributed by atoms with Gasteiger partial charge in [-0.1, -0.05) is 18.6 Å². The Morgan fingerprint density at radius 1 is 1.30 bits per heavy atom. The SMILES string of the molecule is CC(=O)N[C@@H]1C[C@H](c2ccc3ncccc3c2)O[C@@H]2CCC[C@@H]12. The molecule has 1 N–H and O–H groups in total. The molecule has 4 rings (SSSR count). The van der Waals surface area contributed by atoms with Gasteiger partial charge in [0.05, 0.1) is 17.7 Å². The molecule has 1 aromatic carbocycles. The number of carbonyl (C=O) groups excluding carboxylic acids is 1. The van der Waals surface area contributed by atoms with Crippen molar-refractivity contribution < 1.29 is 9.53 Å². The van der Waals surface area contributed by atoms with Gasteiger partial charge in [0.15, 0.2) is 0 Å². The molecule has 120 valence electrons. The summed E-state index contributed by atoms with van der Waals surface area (Å²) in [6.45, 7) is 1.61. The quantitative estimate of drug-likeness (QED) is 0.925. The minimum Gasteiger partial charge on any atom is -0.370 e. The van der Waals surface area contributed by atoms with Crippen LogP contribution in [0.2, 0.25) is 0 Å². The second-order valence-corrected chi connectivity index (χ2v) is 6.76. The summed E-state index contributed by atoms with van der Waals surface area (Å²) in [5, 5.41) is 4.30. The molecule has 0 bridgehead atoms. The molecule has 2 aliphatic rings. The van der Waals surface area contributed by atoms with Gasteiger partial charge in [-0.05, 0) is 43.0 Å². The maximum absolute atomic E-state index is 11.6. The Labute approximate surface area is 136 Å². The van der Waals surface area contributed by atoms with E-state index in [2.05, 4.69) is 34.6 Å². The van der Waals surface area contributed by atoms with Gasteiger partial charge in [0.2, 0.25) is 5.91 Å². The first-order valence-electron chi connectivity index (χ1n) is 8.48. The molecule has 4 heteroatoms. The molecule has 23 heavy (non-hydrogen) atoms. The molecule has 1 amide bonds. The van der Waals surface area contributed by atoms with Gasteiger partial charge in [0, 0.05) is 30.5 Å². The van der Waals surface area contributed by atoms with E-state index in [0.29, 0.717) is 5.92 Å². The molecular formula is C19H22N2O2. The Kier molecular flexibility index (Phi) is 3.77. The van der Waals surface area contributed by atoms with Crippen LogP contribution in [-0.2, 0) is 9.53 Å². The number of hydrogen-bond donors (Lipinski definition) is 1. The van der Waals surface area contributed by atoms with E-state index in [1.807, 2.05) is 12.3 Å². The lowest BCUT2D eigenvalue weighted by Gasteiger charge is -2.39. The minimum atomic E-state index is 0.0517. The highest BCUT2D eigenvalue weighted by Gasteiger charge is 2.42. The number of amides is 1. The molecule has 2 fully saturated rings. The second-order valence-electron chi connectivity index (χ2n) is 6.76. The van der Waals surface area contributed by atoms with Crippen LogP contribution in [0.5, 0.6) is 0 Å². The molecule has 4 nitrogen and oxygen atoms in total. The van der Waals surface area contributed by atoms with Crippen molar-refractivity contribution in [1.29, 1.82) is 0 Å². The maximum Gasteiger partial charge on any atom is 0.217 e. The van der Waals surface area contributed by atoms with Gasteiger partial charge in [-0.25, -0.2) is 0 Å². The number of pyridine rings is 1. The van der Waals surface area contributed by atoms with E-state index in [-0.39, 0.29) is 24.2 Å². The van der Waals surface area contributed by atoms with Crippen molar-refractivity contribution in [2.45, 2.75) is 50.9 Å². The Balaban J connectivity index is 1.62. The van der Waals surface area contributed by atoms with Crippen LogP contribution in [0, 0.1) is 5.92 Å². The lowest BCUT2D eigenvalue weighted by molar-refractivity contribution is -0.124. The number of fused-ring (bicyclic) bond motifs is 2. The number of nitrogens with one attached hydrogen (secondary N) is 1. The summed E-state index contributed by atoms with van der Waals surface area (Å²) in [4.78, 5) is 15.9. The van der Waals surface area contributed by atoms with Crippen molar-refractivity contribution in [1.82, 2.24) is 10.3 Å². The molecule has 1 aromatic heterocycles. The highest BCUT2D eigenvalue weighted by Crippen LogP contribution is 2.42. The molecule has 2 heterocycles. The molecule has 1 aliphatic carbocycles. The van der Waals surface area contributed by atoms with Crippen LogP contribution in [0.3, 0.4) is 0 Å². The predicted molar refractivity (Wildman–Crippen MR) is 88.9 cm³/mol. The maximum atomic E-state index is 11.6. The van der Waals surface area contributed by atoms with Crippen LogP contribution < -0.4 is 5.32 Å². The highest BCUT2D eigenvalue weighted by molar-refractivity contribution is 5.79. The van der Waals surface area contributed by atoms with Gasteiger partial charge < -0.3 is 10.1 Å². The molecule has 1 aliphatic heterocycles. The molecule has 1 saturated carbocycles. The first kappa shape index (κ1) is 14.6. The van der Waals surface area contributed by atoms with Crippen molar-refractivity contribution in [3.8, 4) is 0 Å². The monoisotopic (exact) mass is 310 g/mol. The smallest absolute Gasteiger partial charge is 0.217 e. The largest absolute Gasteiger partial charge is 0.370 e. The second kappa shape index (κ2) is 5.93. The lowest BCUT2D eigenvalue weighted by atomic mass is 9.86. The molecule has 2 aromatic rings. The zero-order chi connectivity index (χ0) is 15.8. The third-order valence-corrected chi connectivity index (χ3v) is 5.22. The Morgan fingerprint density at radius 2 is 2.22 bits per heavy atom. The van der Waals surface area contributed by atoms with E-state index in [4.69, 9.17) is 4.74 Å². The first-order chi connectivity index (χ1) is 11.2. The number of rotatable bonds is 2. The Morgan fingerprint density at radius 3 is 3.09 bits per heavy atom. The third-order valence-electron chi connectivity index (χ3n) is 5.22. The lowest BCUT2D eigenvalue weighted by Crippen LogP contribution is -2.47. The van der Waals surface area contributed by atoms with Crippen molar-refractivity contribution >= 4 is 16.8 Å². The summed E-state index contributed by atoms with van der Waals surface area (Å²) < 4.78 is 6.39. The highest BCUT2D eigenvalue weighted by atomic mass is 16.5. The molecule has 4 atom stereocenters. The molecule has 0 radical (unpaired) electrons. The zero-order valence-electron chi connectivity index (χ0n) is 13.4. The van der Waals surface area contributed by atoms with Crippen molar-refractivity contribution in [3.05, 3.63) is 42.1 Å². The number of ether oxygens (including phenoxy) is 1. The van der Waals surface area contributed by atoms with Crippen LogP contribution in [0.1, 0.15) is 44.3 Å².